The Morgan fingerprint density at radius 3 is 2.62 bits per heavy atom. The summed E-state index contributed by atoms with van der Waals surface area (Å²) < 4.78 is 5.75. The molecular weight excluding hydrogens is 404 g/mol. The highest BCUT2D eigenvalue weighted by molar-refractivity contribution is 6.20. The molecule has 5 rings (SSSR count). The van der Waals surface area contributed by atoms with E-state index in [0.29, 0.717) is 16.8 Å². The summed E-state index contributed by atoms with van der Waals surface area (Å²) >= 11 is 0. The number of carbonyl (C=O) groups excluding carboxylic acids is 2. The molecule has 0 radical (unpaired) electrons. The fourth-order valence-corrected chi connectivity index (χ4v) is 4.16. The van der Waals surface area contributed by atoms with Gasteiger partial charge in [-0.15, -0.1) is 0 Å². The Labute approximate surface area is 184 Å². The number of hydrogen-bond acceptors (Lipinski definition) is 5. The molecule has 0 bridgehead atoms. The Balaban J connectivity index is 1.69. The van der Waals surface area contributed by atoms with Gasteiger partial charge in [0.2, 0.25) is 5.78 Å². The van der Waals surface area contributed by atoms with E-state index in [1.165, 1.54) is 4.90 Å². The number of ketones is 1. The Morgan fingerprint density at radius 1 is 1.06 bits per heavy atom. The number of aliphatic hydroxyl groups is 1. The van der Waals surface area contributed by atoms with E-state index in [-0.39, 0.29) is 11.3 Å². The van der Waals surface area contributed by atoms with Crippen LogP contribution in [0.2, 0.25) is 0 Å². The summed E-state index contributed by atoms with van der Waals surface area (Å²) in [6.07, 6.45) is 3.22. The third kappa shape index (κ3) is 3.00. The van der Waals surface area contributed by atoms with Gasteiger partial charge in [0.15, 0.2) is 11.5 Å². The average molecular weight is 424 g/mol. The van der Waals surface area contributed by atoms with Crippen LogP contribution < -0.4 is 4.90 Å². The number of nitrogens with zero attached hydrogens (tertiary/aromatic N) is 2. The second-order valence-corrected chi connectivity index (χ2v) is 7.82. The van der Waals surface area contributed by atoms with Crippen molar-refractivity contribution < 1.29 is 19.1 Å². The standard InChI is InChI=1S/C26H20N2O4/c1-15-7-5-10-19(16(15)2)28-23(18-9-6-12-27-14-18)22(25(30)26(28)31)24(29)21-13-17-8-3-4-11-20(17)32-21/h3-14,23,30H,1-2H3. The first-order valence-electron chi connectivity index (χ1n) is 10.2. The second-order valence-electron chi connectivity index (χ2n) is 7.82. The van der Waals surface area contributed by atoms with E-state index in [4.69, 9.17) is 4.42 Å². The van der Waals surface area contributed by atoms with E-state index < -0.39 is 23.5 Å². The van der Waals surface area contributed by atoms with E-state index in [1.807, 2.05) is 50.2 Å². The fourth-order valence-electron chi connectivity index (χ4n) is 4.16. The van der Waals surface area contributed by atoms with Gasteiger partial charge in [0.05, 0.1) is 11.6 Å². The van der Waals surface area contributed by atoms with Crippen LogP contribution in [0.25, 0.3) is 11.0 Å². The van der Waals surface area contributed by atoms with Crippen molar-refractivity contribution in [3.8, 4) is 0 Å². The van der Waals surface area contributed by atoms with Crippen molar-refractivity contribution in [1.82, 2.24) is 4.98 Å². The number of fused-ring (bicyclic) bond motifs is 1. The van der Waals surface area contributed by atoms with Crippen molar-refractivity contribution in [3.63, 3.8) is 0 Å². The SMILES string of the molecule is Cc1cccc(N2C(=O)C(O)=C(C(=O)c3cc4ccccc4o3)C2c2cccnc2)c1C. The van der Waals surface area contributed by atoms with E-state index in [2.05, 4.69) is 4.98 Å². The minimum atomic E-state index is -0.836. The van der Waals surface area contributed by atoms with Gasteiger partial charge < -0.3 is 9.52 Å². The number of aliphatic hydroxyl groups excluding tert-OH is 1. The summed E-state index contributed by atoms with van der Waals surface area (Å²) in [6, 6.07) is 17.2. The summed E-state index contributed by atoms with van der Waals surface area (Å²) in [6.45, 7) is 3.86. The number of pyridine rings is 1. The molecule has 0 spiro atoms. The quantitative estimate of drug-likeness (QED) is 0.454. The molecule has 0 saturated heterocycles. The lowest BCUT2D eigenvalue weighted by Crippen LogP contribution is -2.31. The van der Waals surface area contributed by atoms with Crippen molar-refractivity contribution in [3.05, 3.63) is 107 Å². The topological polar surface area (TPSA) is 83.6 Å². The van der Waals surface area contributed by atoms with Crippen LogP contribution in [0.4, 0.5) is 5.69 Å². The number of carbonyl (C=O) groups is 2. The van der Waals surface area contributed by atoms with Crippen molar-refractivity contribution in [1.29, 1.82) is 0 Å². The molecule has 0 saturated carbocycles. The molecule has 0 aliphatic carbocycles. The fraction of sp³-hybridized carbons (Fsp3) is 0.115. The molecule has 2 aromatic heterocycles. The van der Waals surface area contributed by atoms with Gasteiger partial charge >= 0.3 is 0 Å². The number of rotatable bonds is 4. The lowest BCUT2D eigenvalue weighted by Gasteiger charge is -2.28. The van der Waals surface area contributed by atoms with Crippen molar-refractivity contribution in [2.45, 2.75) is 19.9 Å². The van der Waals surface area contributed by atoms with E-state index >= 15 is 0 Å². The maximum atomic E-state index is 13.6. The maximum Gasteiger partial charge on any atom is 0.294 e. The number of Topliss-reactive ketones (excluding diaryl/α,β-unsaturated/α-hetero) is 1. The summed E-state index contributed by atoms with van der Waals surface area (Å²) in [4.78, 5) is 32.5. The highest BCUT2D eigenvalue weighted by atomic mass is 16.3. The normalized spacial score (nSPS) is 16.2. The van der Waals surface area contributed by atoms with Gasteiger partial charge in [0.1, 0.15) is 5.58 Å². The van der Waals surface area contributed by atoms with Crippen LogP contribution in [0.5, 0.6) is 0 Å². The molecule has 2 aromatic carbocycles. The Morgan fingerprint density at radius 2 is 1.88 bits per heavy atom. The molecule has 0 fully saturated rings. The zero-order valence-corrected chi connectivity index (χ0v) is 17.6. The van der Waals surface area contributed by atoms with Gasteiger partial charge in [0, 0.05) is 23.5 Å². The minimum Gasteiger partial charge on any atom is -0.503 e. The van der Waals surface area contributed by atoms with Crippen LogP contribution in [-0.4, -0.2) is 21.8 Å². The molecule has 6 nitrogen and oxygen atoms in total. The van der Waals surface area contributed by atoms with Gasteiger partial charge in [-0.3, -0.25) is 19.5 Å². The predicted octanol–water partition coefficient (Wildman–Crippen LogP) is 5.23. The van der Waals surface area contributed by atoms with Crippen LogP contribution in [0.3, 0.4) is 0 Å². The monoisotopic (exact) mass is 424 g/mol. The number of benzene rings is 2. The number of aromatic nitrogens is 1. The lowest BCUT2D eigenvalue weighted by atomic mass is 9.95. The van der Waals surface area contributed by atoms with Crippen LogP contribution in [-0.2, 0) is 4.79 Å². The molecule has 3 heterocycles. The van der Waals surface area contributed by atoms with E-state index in [0.717, 1.165) is 16.5 Å². The third-order valence-electron chi connectivity index (χ3n) is 5.94. The van der Waals surface area contributed by atoms with Crippen LogP contribution >= 0.6 is 0 Å². The highest BCUT2D eigenvalue weighted by Gasteiger charge is 2.46. The van der Waals surface area contributed by atoms with E-state index in [9.17, 15) is 14.7 Å². The van der Waals surface area contributed by atoms with Crippen LogP contribution in [0.1, 0.15) is 33.3 Å². The summed E-state index contributed by atoms with van der Waals surface area (Å²) in [5, 5.41) is 11.7. The molecule has 1 atom stereocenters. The van der Waals surface area contributed by atoms with Gasteiger partial charge in [0.25, 0.3) is 5.91 Å². The molecule has 4 aromatic rings. The lowest BCUT2D eigenvalue weighted by molar-refractivity contribution is -0.117. The molecule has 6 heteroatoms. The molecule has 1 N–H and O–H groups in total. The summed E-state index contributed by atoms with van der Waals surface area (Å²) in [5.41, 5.74) is 3.66. The largest absolute Gasteiger partial charge is 0.503 e. The van der Waals surface area contributed by atoms with Crippen molar-refractivity contribution in [2.24, 2.45) is 0 Å². The Kier molecular flexibility index (Phi) is 4.63. The molecular formula is C26H20N2O4. The Bertz CT molecular complexity index is 1370. The third-order valence-corrected chi connectivity index (χ3v) is 5.94. The number of para-hydroxylation sites is 1. The van der Waals surface area contributed by atoms with Gasteiger partial charge in [-0.25, -0.2) is 0 Å². The van der Waals surface area contributed by atoms with Crippen molar-refractivity contribution >= 4 is 28.3 Å². The molecule has 32 heavy (non-hydrogen) atoms. The van der Waals surface area contributed by atoms with Gasteiger partial charge in [-0.1, -0.05) is 36.4 Å². The average Bonchev–Trinajstić information content (AvgIpc) is 3.35. The zero-order valence-electron chi connectivity index (χ0n) is 17.6. The maximum absolute atomic E-state index is 13.6. The first kappa shape index (κ1) is 19.8. The number of hydrogen-bond donors (Lipinski definition) is 1. The van der Waals surface area contributed by atoms with E-state index in [1.54, 1.807) is 36.7 Å². The molecule has 1 amide bonds. The molecule has 1 aliphatic heterocycles. The van der Waals surface area contributed by atoms with Gasteiger partial charge in [-0.05, 0) is 54.8 Å². The second kappa shape index (κ2) is 7.50. The molecule has 1 unspecified atom stereocenters. The first-order valence-corrected chi connectivity index (χ1v) is 10.2. The van der Waals surface area contributed by atoms with Crippen LogP contribution in [0.15, 0.2) is 88.8 Å². The van der Waals surface area contributed by atoms with Crippen LogP contribution in [0, 0.1) is 13.8 Å². The minimum absolute atomic E-state index is 0.0250. The highest BCUT2D eigenvalue weighted by Crippen LogP contribution is 2.43. The summed E-state index contributed by atoms with van der Waals surface area (Å²) in [7, 11) is 0. The Hall–Kier alpha value is -4.19. The number of amides is 1. The van der Waals surface area contributed by atoms with Gasteiger partial charge in [-0.2, -0.15) is 0 Å². The number of anilines is 1. The summed E-state index contributed by atoms with van der Waals surface area (Å²) in [5.74, 6) is -1.68. The predicted molar refractivity (Wildman–Crippen MR) is 121 cm³/mol. The number of furan rings is 1. The first-order chi connectivity index (χ1) is 15.5. The number of aryl methyl sites for hydroxylation is 1. The smallest absolute Gasteiger partial charge is 0.294 e. The zero-order chi connectivity index (χ0) is 22.4. The molecule has 158 valence electrons. The van der Waals surface area contributed by atoms with Crippen molar-refractivity contribution in [2.75, 3.05) is 4.90 Å². The molecule has 1 aliphatic rings.